The topological polar surface area (TPSA) is 34.2 Å². The van der Waals surface area contributed by atoms with E-state index < -0.39 is 18.8 Å². The molecule has 0 saturated heterocycles. The zero-order valence-corrected chi connectivity index (χ0v) is 8.98. The van der Waals surface area contributed by atoms with E-state index in [0.29, 0.717) is 0 Å². The fourth-order valence-corrected chi connectivity index (χ4v) is 1.10. The summed E-state index contributed by atoms with van der Waals surface area (Å²) in [5.41, 5.74) is 0. The van der Waals surface area contributed by atoms with Crippen LogP contribution < -0.4 is 5.32 Å². The van der Waals surface area contributed by atoms with E-state index in [9.17, 15) is 13.2 Å². The number of pyridine rings is 1. The summed E-state index contributed by atoms with van der Waals surface area (Å²) in [6.07, 6.45) is -1.21. The quantitative estimate of drug-likeness (QED) is 0.793. The number of ether oxygens (including phenoxy) is 1. The van der Waals surface area contributed by atoms with E-state index in [0.717, 1.165) is 6.07 Å². The first-order chi connectivity index (χ1) is 7.59. The number of hydrogen-bond donors (Lipinski definition) is 1. The molecular weight excluding hydrogens is 245 g/mol. The van der Waals surface area contributed by atoms with Gasteiger partial charge in [-0.15, -0.1) is 0 Å². The van der Waals surface area contributed by atoms with E-state index in [-0.39, 0.29) is 24.0 Å². The number of nitrogens with zero attached hydrogens (tertiary/aromatic N) is 1. The van der Waals surface area contributed by atoms with Gasteiger partial charge in [0, 0.05) is 12.7 Å². The lowest BCUT2D eigenvalue weighted by Crippen LogP contribution is -2.14. The van der Waals surface area contributed by atoms with Gasteiger partial charge in [-0.25, -0.2) is 18.2 Å². The zero-order chi connectivity index (χ0) is 12.0. The molecule has 0 radical (unpaired) electrons. The lowest BCUT2D eigenvalue weighted by atomic mass is 10.4. The maximum absolute atomic E-state index is 13.1. The van der Waals surface area contributed by atoms with Gasteiger partial charge in [-0.3, -0.25) is 0 Å². The maximum atomic E-state index is 13.1. The summed E-state index contributed by atoms with van der Waals surface area (Å²) in [6.45, 7) is -0.384. The van der Waals surface area contributed by atoms with Crippen LogP contribution in [0.3, 0.4) is 0 Å². The number of aromatic nitrogens is 1. The first kappa shape index (κ1) is 13.1. The predicted octanol–water partition coefficient (Wildman–Crippen LogP) is 2.57. The molecule has 1 aromatic rings. The van der Waals surface area contributed by atoms with Crippen LogP contribution in [0.15, 0.2) is 12.3 Å². The lowest BCUT2D eigenvalue weighted by molar-refractivity contribution is 0.0214. The number of alkyl halides is 2. The zero-order valence-electron chi connectivity index (χ0n) is 8.22. The first-order valence-electron chi connectivity index (χ1n) is 4.50. The molecule has 1 rings (SSSR count). The Morgan fingerprint density at radius 1 is 1.50 bits per heavy atom. The van der Waals surface area contributed by atoms with E-state index >= 15 is 0 Å². The summed E-state index contributed by atoms with van der Waals surface area (Å²) < 4.78 is 41.0. The largest absolute Gasteiger partial charge is 0.374 e. The second-order valence-electron chi connectivity index (χ2n) is 2.88. The molecule has 0 aliphatic rings. The lowest BCUT2D eigenvalue weighted by Gasteiger charge is -2.07. The Balaban J connectivity index is 2.27. The molecule has 0 saturated carbocycles. The van der Waals surface area contributed by atoms with Crippen LogP contribution >= 0.6 is 11.6 Å². The number of anilines is 1. The van der Waals surface area contributed by atoms with Crippen LogP contribution in [0.2, 0.25) is 5.02 Å². The van der Waals surface area contributed by atoms with Gasteiger partial charge in [-0.05, 0) is 6.07 Å². The van der Waals surface area contributed by atoms with Crippen molar-refractivity contribution < 1.29 is 17.9 Å². The van der Waals surface area contributed by atoms with Crippen molar-refractivity contribution in [3.8, 4) is 0 Å². The third-order valence-electron chi connectivity index (χ3n) is 1.59. The Hall–Kier alpha value is -1.01. The third kappa shape index (κ3) is 4.67. The van der Waals surface area contributed by atoms with Crippen LogP contribution in [0.1, 0.15) is 0 Å². The Bertz CT molecular complexity index is 339. The second kappa shape index (κ2) is 6.55. The Kier molecular flexibility index (Phi) is 5.34. The first-order valence-corrected chi connectivity index (χ1v) is 4.88. The van der Waals surface area contributed by atoms with Crippen LogP contribution in [0.5, 0.6) is 0 Å². The molecule has 0 amide bonds. The van der Waals surface area contributed by atoms with E-state index in [1.54, 1.807) is 0 Å². The maximum Gasteiger partial charge on any atom is 0.261 e. The molecule has 0 aliphatic carbocycles. The minimum atomic E-state index is -2.50. The van der Waals surface area contributed by atoms with Gasteiger partial charge in [0.25, 0.3) is 6.43 Å². The summed E-state index contributed by atoms with van der Waals surface area (Å²) in [5.74, 6) is -0.577. The average Bonchev–Trinajstić information content (AvgIpc) is 2.20. The summed E-state index contributed by atoms with van der Waals surface area (Å²) in [4.78, 5) is 3.69. The van der Waals surface area contributed by atoms with Crippen molar-refractivity contribution in [3.05, 3.63) is 23.1 Å². The molecule has 3 nitrogen and oxygen atoms in total. The van der Waals surface area contributed by atoms with Gasteiger partial charge in [-0.2, -0.15) is 0 Å². The van der Waals surface area contributed by atoms with Crippen LogP contribution in [0.25, 0.3) is 0 Å². The molecule has 0 aromatic carbocycles. The van der Waals surface area contributed by atoms with Gasteiger partial charge in [0.1, 0.15) is 6.61 Å². The van der Waals surface area contributed by atoms with Gasteiger partial charge in [0.05, 0.1) is 11.6 Å². The number of halogens is 4. The summed E-state index contributed by atoms with van der Waals surface area (Å²) in [7, 11) is 0. The van der Waals surface area contributed by atoms with Gasteiger partial charge in [-0.1, -0.05) is 11.6 Å². The van der Waals surface area contributed by atoms with Gasteiger partial charge in [0.2, 0.25) is 0 Å². The molecule has 90 valence electrons. The molecule has 0 bridgehead atoms. The molecule has 0 aliphatic heterocycles. The van der Waals surface area contributed by atoms with Crippen molar-refractivity contribution in [2.75, 3.05) is 25.1 Å². The van der Waals surface area contributed by atoms with Gasteiger partial charge < -0.3 is 10.1 Å². The molecule has 0 fully saturated rings. The highest BCUT2D eigenvalue weighted by Crippen LogP contribution is 2.14. The Morgan fingerprint density at radius 3 is 2.88 bits per heavy atom. The Labute approximate surface area is 95.6 Å². The summed E-state index contributed by atoms with van der Waals surface area (Å²) in [5, 5.41) is 2.79. The van der Waals surface area contributed by atoms with Crippen LogP contribution in [-0.4, -0.2) is 31.2 Å². The monoisotopic (exact) mass is 254 g/mol. The minimum absolute atomic E-state index is 0.0186. The highest BCUT2D eigenvalue weighted by Gasteiger charge is 2.04. The third-order valence-corrected chi connectivity index (χ3v) is 1.80. The normalized spacial score (nSPS) is 10.8. The van der Waals surface area contributed by atoms with E-state index in [1.165, 1.54) is 6.20 Å². The van der Waals surface area contributed by atoms with E-state index in [1.807, 2.05) is 0 Å². The fraction of sp³-hybridized carbons (Fsp3) is 0.444. The SMILES string of the molecule is Fc1cc(Cl)cnc1NCCOCC(F)F. The summed E-state index contributed by atoms with van der Waals surface area (Å²) >= 11 is 5.50. The van der Waals surface area contributed by atoms with E-state index in [4.69, 9.17) is 11.6 Å². The highest BCUT2D eigenvalue weighted by atomic mass is 35.5. The minimum Gasteiger partial charge on any atom is -0.374 e. The van der Waals surface area contributed by atoms with Gasteiger partial charge >= 0.3 is 0 Å². The van der Waals surface area contributed by atoms with E-state index in [2.05, 4.69) is 15.0 Å². The predicted molar refractivity (Wildman–Crippen MR) is 54.5 cm³/mol. The standard InChI is InChI=1S/C9H10ClF3N2O/c10-6-3-7(11)9(15-4-6)14-1-2-16-5-8(12)13/h3-4,8H,1-2,5H2,(H,14,15). The van der Waals surface area contributed by atoms with Crippen LogP contribution in [0, 0.1) is 5.82 Å². The Morgan fingerprint density at radius 2 is 2.25 bits per heavy atom. The molecule has 0 unspecified atom stereocenters. The number of hydrogen-bond acceptors (Lipinski definition) is 3. The molecule has 16 heavy (non-hydrogen) atoms. The van der Waals surface area contributed by atoms with Crippen molar-refractivity contribution in [1.29, 1.82) is 0 Å². The molecule has 0 spiro atoms. The average molecular weight is 255 g/mol. The molecule has 7 heteroatoms. The molecule has 1 heterocycles. The summed E-state index contributed by atoms with van der Waals surface area (Å²) in [6, 6.07) is 1.11. The smallest absolute Gasteiger partial charge is 0.261 e. The van der Waals surface area contributed by atoms with Gasteiger partial charge in [0.15, 0.2) is 11.6 Å². The highest BCUT2D eigenvalue weighted by molar-refractivity contribution is 6.30. The molecule has 1 aromatic heterocycles. The van der Waals surface area contributed by atoms with Crippen LogP contribution in [-0.2, 0) is 4.74 Å². The molecule has 0 atom stereocenters. The van der Waals surface area contributed by atoms with Crippen LogP contribution in [0.4, 0.5) is 19.0 Å². The number of nitrogens with one attached hydrogen (secondary N) is 1. The second-order valence-corrected chi connectivity index (χ2v) is 3.31. The number of rotatable bonds is 6. The molecular formula is C9H10ClF3N2O. The fourth-order valence-electron chi connectivity index (χ4n) is 0.959. The van der Waals surface area contributed by atoms with Crippen molar-refractivity contribution in [1.82, 2.24) is 4.98 Å². The van der Waals surface area contributed by atoms with Crippen molar-refractivity contribution in [2.45, 2.75) is 6.43 Å². The van der Waals surface area contributed by atoms with Crippen molar-refractivity contribution in [2.24, 2.45) is 0 Å². The van der Waals surface area contributed by atoms with Crippen molar-refractivity contribution >= 4 is 17.4 Å². The van der Waals surface area contributed by atoms with Crippen molar-refractivity contribution in [3.63, 3.8) is 0 Å². The molecule has 1 N–H and O–H groups in total.